The number of aryl methyl sites for hydroxylation is 2. The van der Waals surface area contributed by atoms with Crippen LogP contribution in [0.2, 0.25) is 0 Å². The zero-order valence-electron chi connectivity index (χ0n) is 20.3. The number of rotatable bonds is 7. The molecule has 9 nitrogen and oxygen atoms in total. The van der Waals surface area contributed by atoms with Gasteiger partial charge in [-0.25, -0.2) is 9.97 Å². The number of pyridine rings is 1. The molecular formula is C24H34N6O3S. The van der Waals surface area contributed by atoms with Crippen LogP contribution >= 0.6 is 11.3 Å². The van der Waals surface area contributed by atoms with E-state index in [1.54, 1.807) is 11.3 Å². The molecule has 4 atom stereocenters. The maximum Gasteiger partial charge on any atom is 0.225 e. The lowest BCUT2D eigenvalue weighted by Gasteiger charge is -2.24. The number of thiazole rings is 1. The second-order valence-corrected chi connectivity index (χ2v) is 11.0. The summed E-state index contributed by atoms with van der Waals surface area (Å²) >= 11 is 1.56. The fourth-order valence-electron chi connectivity index (χ4n) is 4.38. The fourth-order valence-corrected chi connectivity index (χ4v) is 5.46. The van der Waals surface area contributed by atoms with E-state index in [1.807, 2.05) is 40.0 Å². The Balaban J connectivity index is 1.80. The van der Waals surface area contributed by atoms with E-state index in [0.717, 1.165) is 45.0 Å². The maximum absolute atomic E-state index is 10.6. The van der Waals surface area contributed by atoms with Crippen molar-refractivity contribution in [2.24, 2.45) is 5.92 Å². The summed E-state index contributed by atoms with van der Waals surface area (Å²) in [5.74, 6) is 0.617. The van der Waals surface area contributed by atoms with Gasteiger partial charge in [-0.05, 0) is 46.6 Å². The van der Waals surface area contributed by atoms with Crippen LogP contribution in [0.25, 0.3) is 20.8 Å². The van der Waals surface area contributed by atoms with Crippen molar-refractivity contribution in [1.29, 1.82) is 0 Å². The van der Waals surface area contributed by atoms with E-state index >= 15 is 0 Å². The number of nitrogens with zero attached hydrogens (tertiary/aromatic N) is 4. The summed E-state index contributed by atoms with van der Waals surface area (Å²) in [6.07, 6.45) is 2.06. The summed E-state index contributed by atoms with van der Waals surface area (Å²) < 4.78 is 1.05. The van der Waals surface area contributed by atoms with Gasteiger partial charge in [0.05, 0.1) is 33.8 Å². The molecule has 10 heteroatoms. The average molecular weight is 487 g/mol. The Morgan fingerprint density at radius 2 is 1.91 bits per heavy atom. The van der Waals surface area contributed by atoms with E-state index in [4.69, 9.17) is 15.0 Å². The Morgan fingerprint density at radius 3 is 2.56 bits per heavy atom. The zero-order chi connectivity index (χ0) is 24.6. The van der Waals surface area contributed by atoms with Gasteiger partial charge in [0, 0.05) is 24.3 Å². The van der Waals surface area contributed by atoms with E-state index in [9.17, 15) is 15.3 Å². The van der Waals surface area contributed by atoms with E-state index in [2.05, 4.69) is 22.5 Å². The third kappa shape index (κ3) is 5.00. The van der Waals surface area contributed by atoms with Crippen LogP contribution in [-0.2, 0) is 6.42 Å². The van der Waals surface area contributed by atoms with Crippen molar-refractivity contribution in [1.82, 2.24) is 19.9 Å². The van der Waals surface area contributed by atoms with Crippen LogP contribution in [0.4, 0.5) is 11.8 Å². The van der Waals surface area contributed by atoms with Gasteiger partial charge in [-0.3, -0.25) is 4.98 Å². The molecular weight excluding hydrogens is 452 g/mol. The van der Waals surface area contributed by atoms with Gasteiger partial charge < -0.3 is 26.0 Å². The SMILES string of the molecule is CCCc1nccc2sc(-c3c(C)nc(NC(C)(C)C)nc3N[C@@H]3C[C@H](CO)[C@@H](O)[C@H]3O)nc12. The van der Waals surface area contributed by atoms with Gasteiger partial charge >= 0.3 is 0 Å². The van der Waals surface area contributed by atoms with Crippen LogP contribution in [-0.4, -0.2) is 65.7 Å². The maximum atomic E-state index is 10.6. The van der Waals surface area contributed by atoms with Crippen LogP contribution in [0, 0.1) is 12.8 Å². The lowest BCUT2D eigenvalue weighted by atomic mass is 10.1. The van der Waals surface area contributed by atoms with Gasteiger partial charge in [0.15, 0.2) is 0 Å². The number of anilines is 2. The number of hydrogen-bond acceptors (Lipinski definition) is 10. The summed E-state index contributed by atoms with van der Waals surface area (Å²) in [5.41, 5.74) is 3.13. The topological polar surface area (TPSA) is 136 Å². The molecule has 0 aliphatic heterocycles. The molecule has 0 bridgehead atoms. The number of nitrogens with one attached hydrogen (secondary N) is 2. The normalized spacial score (nSPS) is 22.9. The van der Waals surface area contributed by atoms with Crippen molar-refractivity contribution in [3.05, 3.63) is 23.7 Å². The Labute approximate surface area is 203 Å². The number of hydrogen-bond donors (Lipinski definition) is 5. The number of aromatic nitrogens is 4. The average Bonchev–Trinajstić information content (AvgIpc) is 3.29. The smallest absolute Gasteiger partial charge is 0.225 e. The highest BCUT2D eigenvalue weighted by Crippen LogP contribution is 2.38. The van der Waals surface area contributed by atoms with Crippen molar-refractivity contribution in [3.63, 3.8) is 0 Å². The molecule has 3 aromatic rings. The van der Waals surface area contributed by atoms with Crippen molar-refractivity contribution >= 4 is 33.3 Å². The first kappa shape index (κ1) is 24.7. The van der Waals surface area contributed by atoms with E-state index in [1.165, 1.54) is 0 Å². The van der Waals surface area contributed by atoms with Gasteiger partial charge in [0.25, 0.3) is 0 Å². The van der Waals surface area contributed by atoms with Gasteiger partial charge in [0.2, 0.25) is 5.95 Å². The molecule has 0 saturated heterocycles. The highest BCUT2D eigenvalue weighted by molar-refractivity contribution is 7.21. The lowest BCUT2D eigenvalue weighted by Crippen LogP contribution is -2.36. The van der Waals surface area contributed by atoms with Crippen LogP contribution in [0.15, 0.2) is 12.3 Å². The molecule has 5 N–H and O–H groups in total. The lowest BCUT2D eigenvalue weighted by molar-refractivity contribution is 0.00446. The van der Waals surface area contributed by atoms with E-state index in [0.29, 0.717) is 18.2 Å². The predicted molar refractivity (Wildman–Crippen MR) is 135 cm³/mol. The number of aliphatic hydroxyl groups is 3. The molecule has 1 saturated carbocycles. The van der Waals surface area contributed by atoms with Crippen molar-refractivity contribution in [3.8, 4) is 10.6 Å². The Kier molecular flexibility index (Phi) is 7.04. The van der Waals surface area contributed by atoms with Gasteiger partial charge in [0.1, 0.15) is 22.4 Å². The first-order chi connectivity index (χ1) is 16.1. The molecule has 184 valence electrons. The van der Waals surface area contributed by atoms with Crippen LogP contribution in [0.3, 0.4) is 0 Å². The molecule has 1 fully saturated rings. The molecule has 4 rings (SSSR count). The van der Waals surface area contributed by atoms with Gasteiger partial charge in [-0.1, -0.05) is 13.3 Å². The fraction of sp³-hybridized carbons (Fsp3) is 0.583. The summed E-state index contributed by atoms with van der Waals surface area (Å²) in [6, 6.07) is 1.51. The summed E-state index contributed by atoms with van der Waals surface area (Å²) in [4.78, 5) is 18.9. The van der Waals surface area contributed by atoms with Crippen molar-refractivity contribution in [2.75, 3.05) is 17.2 Å². The first-order valence-electron chi connectivity index (χ1n) is 11.8. The Hall–Kier alpha value is -2.40. The summed E-state index contributed by atoms with van der Waals surface area (Å²) in [6.45, 7) is 9.95. The quantitative estimate of drug-likeness (QED) is 0.341. The second-order valence-electron chi connectivity index (χ2n) is 10.0. The van der Waals surface area contributed by atoms with E-state index < -0.39 is 24.2 Å². The van der Waals surface area contributed by atoms with Crippen molar-refractivity contribution in [2.45, 2.75) is 77.7 Å². The molecule has 0 amide bonds. The van der Waals surface area contributed by atoms with Gasteiger partial charge in [-0.2, -0.15) is 4.98 Å². The molecule has 1 aliphatic carbocycles. The number of aliphatic hydroxyl groups excluding tert-OH is 3. The van der Waals surface area contributed by atoms with Crippen LogP contribution in [0.5, 0.6) is 0 Å². The summed E-state index contributed by atoms with van der Waals surface area (Å²) in [5, 5.41) is 38.0. The largest absolute Gasteiger partial charge is 0.396 e. The molecule has 1 aliphatic rings. The third-order valence-electron chi connectivity index (χ3n) is 6.02. The molecule has 0 unspecified atom stereocenters. The second kappa shape index (κ2) is 9.69. The molecule has 0 aromatic carbocycles. The molecule has 3 heterocycles. The highest BCUT2D eigenvalue weighted by atomic mass is 32.1. The first-order valence-corrected chi connectivity index (χ1v) is 12.6. The monoisotopic (exact) mass is 486 g/mol. The van der Waals surface area contributed by atoms with E-state index in [-0.39, 0.29) is 12.1 Å². The van der Waals surface area contributed by atoms with Crippen LogP contribution in [0.1, 0.15) is 51.9 Å². The molecule has 3 aromatic heterocycles. The minimum absolute atomic E-state index is 0.187. The molecule has 0 spiro atoms. The van der Waals surface area contributed by atoms with Gasteiger partial charge in [-0.15, -0.1) is 11.3 Å². The Morgan fingerprint density at radius 1 is 1.15 bits per heavy atom. The minimum atomic E-state index is -1.02. The standard InChI is InChI=1S/C24H34N6O3S/c1-6-7-14-18-16(8-9-25-14)34-22(28-18)17-12(2)26-23(30-24(3,4)5)29-21(17)27-15-10-13(11-31)19(32)20(15)33/h8-9,13,15,19-20,31-33H,6-7,10-11H2,1-5H3,(H2,26,27,29,30)/t13-,15-,19-,20+/m1/s1. The van der Waals surface area contributed by atoms with Crippen LogP contribution < -0.4 is 10.6 Å². The van der Waals surface area contributed by atoms with Crippen molar-refractivity contribution < 1.29 is 15.3 Å². The Bertz CT molecular complexity index is 1160. The summed E-state index contributed by atoms with van der Waals surface area (Å²) in [7, 11) is 0. The molecule has 34 heavy (non-hydrogen) atoms. The highest BCUT2D eigenvalue weighted by Gasteiger charge is 2.41. The zero-order valence-corrected chi connectivity index (χ0v) is 21.1. The third-order valence-corrected chi connectivity index (χ3v) is 7.06. The predicted octanol–water partition coefficient (Wildman–Crippen LogP) is 3.13. The number of fused-ring (bicyclic) bond motifs is 1. The molecule has 0 radical (unpaired) electrons. The minimum Gasteiger partial charge on any atom is -0.396 e.